The highest BCUT2D eigenvalue weighted by Crippen LogP contribution is 2.02. The maximum atomic E-state index is 11.0. The minimum absolute atomic E-state index is 0.138. The Kier molecular flexibility index (Phi) is 2.77. The molecule has 0 aliphatic carbocycles. The van der Waals surface area contributed by atoms with Gasteiger partial charge in [-0.05, 0) is 0 Å². The molecule has 6 heteroatoms. The van der Waals surface area contributed by atoms with Gasteiger partial charge in [0, 0.05) is 7.05 Å². The standard InChI is InChI=1S/C6H11N3O3/c1-8-5(4-10)3-7-6(8)9(11)12-2/h3,9-10H,4H2,1-2H3. The maximum Gasteiger partial charge on any atom is 0.341 e. The Balaban J connectivity index is 2.93. The normalized spacial score (nSPS) is 13.3. The van der Waals surface area contributed by atoms with Gasteiger partial charge in [-0.25, -0.2) is 0 Å². The van der Waals surface area contributed by atoms with Gasteiger partial charge in [-0.3, -0.25) is 4.57 Å². The van der Waals surface area contributed by atoms with Crippen LogP contribution in [-0.4, -0.2) is 21.8 Å². The van der Waals surface area contributed by atoms with Crippen LogP contribution in [0.5, 0.6) is 0 Å². The first kappa shape index (κ1) is 9.14. The zero-order valence-corrected chi connectivity index (χ0v) is 6.94. The molecule has 1 aromatic rings. The Bertz CT molecular complexity index is 261. The molecule has 0 saturated carbocycles. The minimum atomic E-state index is -0.503. The van der Waals surface area contributed by atoms with Crippen molar-refractivity contribution >= 4 is 5.95 Å². The number of quaternary nitrogens is 1. The van der Waals surface area contributed by atoms with Crippen LogP contribution in [-0.2, 0) is 18.5 Å². The molecule has 6 nitrogen and oxygen atoms in total. The van der Waals surface area contributed by atoms with Gasteiger partial charge in [0.15, 0.2) is 0 Å². The van der Waals surface area contributed by atoms with Crippen LogP contribution in [0.2, 0.25) is 0 Å². The summed E-state index contributed by atoms with van der Waals surface area (Å²) in [5.41, 5.74) is 0.579. The number of aliphatic hydroxyl groups is 1. The highest BCUT2D eigenvalue weighted by atomic mass is 16.9. The lowest BCUT2D eigenvalue weighted by molar-refractivity contribution is -0.996. The van der Waals surface area contributed by atoms with Crippen molar-refractivity contribution in [3.05, 3.63) is 17.1 Å². The molecule has 0 saturated heterocycles. The number of hydrogen-bond acceptors (Lipinski definition) is 4. The van der Waals surface area contributed by atoms with Crippen molar-refractivity contribution in [1.29, 1.82) is 0 Å². The fourth-order valence-electron chi connectivity index (χ4n) is 0.873. The highest BCUT2D eigenvalue weighted by Gasteiger charge is 2.11. The van der Waals surface area contributed by atoms with E-state index in [1.165, 1.54) is 17.9 Å². The van der Waals surface area contributed by atoms with Gasteiger partial charge in [0.2, 0.25) is 0 Å². The Hall–Kier alpha value is -0.950. The second-order valence-corrected chi connectivity index (χ2v) is 2.28. The maximum absolute atomic E-state index is 11.0. The molecule has 0 spiro atoms. The topological polar surface area (TPSA) is 74.8 Å². The lowest BCUT2D eigenvalue weighted by atomic mass is 10.5. The van der Waals surface area contributed by atoms with E-state index >= 15 is 0 Å². The summed E-state index contributed by atoms with van der Waals surface area (Å²) in [4.78, 5) is 8.26. The summed E-state index contributed by atoms with van der Waals surface area (Å²) >= 11 is 0. The second-order valence-electron chi connectivity index (χ2n) is 2.28. The molecule has 1 unspecified atom stereocenters. The van der Waals surface area contributed by atoms with Gasteiger partial charge < -0.3 is 10.3 Å². The molecule has 1 atom stereocenters. The lowest BCUT2D eigenvalue weighted by Crippen LogP contribution is -3.01. The van der Waals surface area contributed by atoms with Gasteiger partial charge in [-0.2, -0.15) is 15.0 Å². The molecule has 0 amide bonds. The molecular formula is C6H11N3O3. The molecule has 0 fully saturated rings. The highest BCUT2D eigenvalue weighted by molar-refractivity contribution is 5.12. The fraction of sp³-hybridized carbons (Fsp3) is 0.500. The molecule has 0 aromatic carbocycles. The van der Waals surface area contributed by atoms with E-state index in [9.17, 15) is 5.21 Å². The fourth-order valence-corrected chi connectivity index (χ4v) is 0.873. The Morgan fingerprint density at radius 1 is 1.83 bits per heavy atom. The quantitative estimate of drug-likeness (QED) is 0.545. The van der Waals surface area contributed by atoms with Crippen LogP contribution in [0.1, 0.15) is 5.69 Å². The van der Waals surface area contributed by atoms with Crippen molar-refractivity contribution < 1.29 is 15.2 Å². The molecule has 12 heavy (non-hydrogen) atoms. The summed E-state index contributed by atoms with van der Waals surface area (Å²) in [5, 5.41) is 19.2. The third-order valence-electron chi connectivity index (χ3n) is 1.61. The van der Waals surface area contributed by atoms with Crippen molar-refractivity contribution in [1.82, 2.24) is 9.55 Å². The largest absolute Gasteiger partial charge is 0.592 e. The van der Waals surface area contributed by atoms with Gasteiger partial charge in [0.1, 0.15) is 0 Å². The first-order valence-electron chi connectivity index (χ1n) is 3.40. The third kappa shape index (κ3) is 1.46. The van der Waals surface area contributed by atoms with Gasteiger partial charge in [0.05, 0.1) is 25.6 Å². The van der Waals surface area contributed by atoms with Crippen LogP contribution in [0.3, 0.4) is 0 Å². The summed E-state index contributed by atoms with van der Waals surface area (Å²) in [6.45, 7) is -0.138. The van der Waals surface area contributed by atoms with Crippen LogP contribution in [0.15, 0.2) is 6.20 Å². The zero-order valence-electron chi connectivity index (χ0n) is 6.94. The number of aliphatic hydroxyl groups excluding tert-OH is 1. The predicted molar refractivity (Wildman–Crippen MR) is 40.1 cm³/mol. The van der Waals surface area contributed by atoms with Crippen LogP contribution in [0.25, 0.3) is 0 Å². The number of hydrogen-bond donors (Lipinski definition) is 2. The summed E-state index contributed by atoms with van der Waals surface area (Å²) in [6.07, 6.45) is 1.44. The van der Waals surface area contributed by atoms with Crippen LogP contribution < -0.4 is 5.23 Å². The summed E-state index contributed by atoms with van der Waals surface area (Å²) in [5.74, 6) is 0.196. The van der Waals surface area contributed by atoms with Gasteiger partial charge in [-0.15, -0.1) is 0 Å². The first-order valence-corrected chi connectivity index (χ1v) is 3.40. The Labute approximate surface area is 69.5 Å². The molecule has 68 valence electrons. The molecule has 0 radical (unpaired) electrons. The molecule has 2 N–H and O–H groups in total. The number of aromatic nitrogens is 2. The number of rotatable bonds is 3. The number of nitrogens with one attached hydrogen (secondary N) is 1. The smallest absolute Gasteiger partial charge is 0.341 e. The minimum Gasteiger partial charge on any atom is -0.592 e. The summed E-state index contributed by atoms with van der Waals surface area (Å²) in [7, 11) is 2.93. The summed E-state index contributed by atoms with van der Waals surface area (Å²) in [6, 6.07) is 0. The monoisotopic (exact) mass is 173 g/mol. The molecule has 0 aliphatic heterocycles. The molecule has 1 heterocycles. The van der Waals surface area contributed by atoms with E-state index in [4.69, 9.17) is 5.11 Å². The average Bonchev–Trinajstić information content (AvgIpc) is 2.45. The molecule has 0 bridgehead atoms. The van der Waals surface area contributed by atoms with Crippen molar-refractivity contribution in [3.8, 4) is 0 Å². The van der Waals surface area contributed by atoms with E-state index in [1.807, 2.05) is 0 Å². The van der Waals surface area contributed by atoms with Gasteiger partial charge in [0.25, 0.3) is 0 Å². The van der Waals surface area contributed by atoms with E-state index in [0.29, 0.717) is 5.69 Å². The molecule has 1 aromatic heterocycles. The molecular weight excluding hydrogens is 162 g/mol. The average molecular weight is 173 g/mol. The van der Waals surface area contributed by atoms with E-state index in [0.717, 1.165) is 0 Å². The Morgan fingerprint density at radius 3 is 2.92 bits per heavy atom. The first-order chi connectivity index (χ1) is 5.70. The van der Waals surface area contributed by atoms with E-state index in [2.05, 4.69) is 9.82 Å². The van der Waals surface area contributed by atoms with Crippen molar-refractivity contribution in [2.45, 2.75) is 6.61 Å². The van der Waals surface area contributed by atoms with E-state index < -0.39 is 5.23 Å². The number of nitrogens with zero attached hydrogens (tertiary/aromatic N) is 2. The second kappa shape index (κ2) is 3.63. The van der Waals surface area contributed by atoms with Crippen molar-refractivity contribution in [2.24, 2.45) is 7.05 Å². The van der Waals surface area contributed by atoms with Gasteiger partial charge in [-0.1, -0.05) is 0 Å². The van der Waals surface area contributed by atoms with Crippen LogP contribution >= 0.6 is 0 Å². The lowest BCUT2D eigenvalue weighted by Gasteiger charge is -2.15. The Morgan fingerprint density at radius 2 is 2.50 bits per heavy atom. The van der Waals surface area contributed by atoms with Crippen molar-refractivity contribution in [3.63, 3.8) is 0 Å². The number of imidazole rings is 1. The van der Waals surface area contributed by atoms with E-state index in [-0.39, 0.29) is 12.6 Å². The van der Waals surface area contributed by atoms with Crippen LogP contribution in [0, 0.1) is 5.21 Å². The van der Waals surface area contributed by atoms with Crippen molar-refractivity contribution in [2.75, 3.05) is 7.11 Å². The third-order valence-corrected chi connectivity index (χ3v) is 1.61. The zero-order chi connectivity index (χ0) is 9.14. The molecule has 0 aliphatic rings. The van der Waals surface area contributed by atoms with E-state index in [1.54, 1.807) is 7.05 Å². The summed E-state index contributed by atoms with van der Waals surface area (Å²) < 4.78 is 1.49. The predicted octanol–water partition coefficient (Wildman–Crippen LogP) is -1.51. The van der Waals surface area contributed by atoms with Gasteiger partial charge >= 0.3 is 5.95 Å². The SMILES string of the molecule is CO[NH+]([O-])c1ncc(CO)n1C. The molecule has 1 rings (SSSR count). The van der Waals surface area contributed by atoms with Crippen LogP contribution in [0.4, 0.5) is 5.95 Å².